The second-order valence-electron chi connectivity index (χ2n) is 3.69. The summed E-state index contributed by atoms with van der Waals surface area (Å²) in [5, 5.41) is 2.70. The van der Waals surface area contributed by atoms with E-state index in [1.54, 1.807) is 6.92 Å². The Morgan fingerprint density at radius 3 is 2.37 bits per heavy atom. The van der Waals surface area contributed by atoms with Crippen LogP contribution in [-0.4, -0.2) is 35.2 Å². The number of hydrogen-bond donors (Lipinski definition) is 1. The number of aryl methyl sites for hydroxylation is 1. The van der Waals surface area contributed by atoms with E-state index >= 15 is 0 Å². The number of halogens is 5. The van der Waals surface area contributed by atoms with E-state index in [1.165, 1.54) is 13.0 Å². The van der Waals surface area contributed by atoms with Gasteiger partial charge in [-0.2, -0.15) is 26.9 Å². The number of nitrogens with one attached hydrogen (secondary N) is 1. The smallest absolute Gasteiger partial charge is 0.456 e. The minimum Gasteiger partial charge on any atom is -0.471 e. The summed E-state index contributed by atoms with van der Waals surface area (Å²) in [6.45, 7) is 1.95. The third-order valence-electron chi connectivity index (χ3n) is 1.98. The van der Waals surface area contributed by atoms with E-state index in [1.807, 2.05) is 0 Å². The summed E-state index contributed by atoms with van der Waals surface area (Å²) < 4.78 is 65.5. The first-order valence-corrected chi connectivity index (χ1v) is 5.32. The number of ether oxygens (including phenoxy) is 1. The van der Waals surface area contributed by atoms with Crippen molar-refractivity contribution in [1.82, 2.24) is 9.97 Å². The van der Waals surface area contributed by atoms with E-state index in [0.29, 0.717) is 12.2 Å². The molecule has 0 saturated carbocycles. The van der Waals surface area contributed by atoms with Crippen LogP contribution in [0.15, 0.2) is 6.07 Å². The second kappa shape index (κ2) is 5.54. The zero-order valence-electron chi connectivity index (χ0n) is 10.2. The largest absolute Gasteiger partial charge is 0.471 e. The summed E-state index contributed by atoms with van der Waals surface area (Å²) in [5.41, 5.74) is 0.385. The summed E-state index contributed by atoms with van der Waals surface area (Å²) in [7, 11) is 0. The lowest BCUT2D eigenvalue weighted by Crippen LogP contribution is -2.41. The molecule has 0 aliphatic rings. The van der Waals surface area contributed by atoms with Crippen LogP contribution in [0.2, 0.25) is 0 Å². The van der Waals surface area contributed by atoms with Gasteiger partial charge in [0.15, 0.2) is 6.61 Å². The Hall–Kier alpha value is -1.67. The van der Waals surface area contributed by atoms with Crippen LogP contribution < -0.4 is 10.1 Å². The molecule has 0 fully saturated rings. The maximum atomic E-state index is 12.7. The van der Waals surface area contributed by atoms with E-state index < -0.39 is 18.7 Å². The standard InChI is InChI=1S/C10H12F5N3O/c1-3-16-8-17-6(2)4-7(18-8)19-5-9(11,12)10(13,14)15/h4H,3,5H2,1-2H3,(H,16,17,18). The average Bonchev–Trinajstić information content (AvgIpc) is 2.25. The SMILES string of the molecule is CCNc1nc(C)cc(OCC(F)(F)C(F)(F)F)n1. The Morgan fingerprint density at radius 1 is 1.21 bits per heavy atom. The molecule has 108 valence electrons. The molecule has 9 heteroatoms. The van der Waals surface area contributed by atoms with E-state index in [-0.39, 0.29) is 11.8 Å². The quantitative estimate of drug-likeness (QED) is 0.845. The Kier molecular flexibility index (Phi) is 4.48. The third-order valence-corrected chi connectivity index (χ3v) is 1.98. The summed E-state index contributed by atoms with van der Waals surface area (Å²) in [6.07, 6.45) is -5.65. The first kappa shape index (κ1) is 15.4. The average molecular weight is 285 g/mol. The monoisotopic (exact) mass is 285 g/mol. The van der Waals surface area contributed by atoms with Crippen LogP contribution in [0.5, 0.6) is 5.88 Å². The highest BCUT2D eigenvalue weighted by Gasteiger charge is 2.58. The Morgan fingerprint density at radius 2 is 1.84 bits per heavy atom. The molecule has 19 heavy (non-hydrogen) atoms. The zero-order chi connectivity index (χ0) is 14.7. The Bertz CT molecular complexity index is 436. The fraction of sp³-hybridized carbons (Fsp3) is 0.600. The van der Waals surface area contributed by atoms with Crippen LogP contribution >= 0.6 is 0 Å². The molecule has 0 spiro atoms. The van der Waals surface area contributed by atoms with Gasteiger partial charge in [0.25, 0.3) is 0 Å². The lowest BCUT2D eigenvalue weighted by molar-refractivity contribution is -0.290. The molecule has 1 heterocycles. The van der Waals surface area contributed by atoms with Gasteiger partial charge in [0.1, 0.15) is 0 Å². The molecule has 0 unspecified atom stereocenters. The van der Waals surface area contributed by atoms with E-state index in [2.05, 4.69) is 20.0 Å². The molecule has 0 aliphatic carbocycles. The molecule has 1 rings (SSSR count). The maximum absolute atomic E-state index is 12.7. The van der Waals surface area contributed by atoms with Crippen LogP contribution in [0, 0.1) is 6.92 Å². The molecule has 0 radical (unpaired) electrons. The molecule has 0 atom stereocenters. The number of rotatable bonds is 5. The van der Waals surface area contributed by atoms with Crippen molar-refractivity contribution >= 4 is 5.95 Å². The first-order valence-electron chi connectivity index (χ1n) is 5.32. The number of anilines is 1. The van der Waals surface area contributed by atoms with Gasteiger partial charge in [-0.15, -0.1) is 0 Å². The Labute approximate surface area is 106 Å². The molecular formula is C10H12F5N3O. The van der Waals surface area contributed by atoms with Crippen LogP contribution in [-0.2, 0) is 0 Å². The third kappa shape index (κ3) is 4.18. The van der Waals surface area contributed by atoms with Gasteiger partial charge in [0, 0.05) is 18.3 Å². The number of aromatic nitrogens is 2. The van der Waals surface area contributed by atoms with E-state index in [9.17, 15) is 22.0 Å². The highest BCUT2D eigenvalue weighted by Crippen LogP contribution is 2.35. The number of hydrogen-bond acceptors (Lipinski definition) is 4. The first-order chi connectivity index (χ1) is 8.65. The van der Waals surface area contributed by atoms with Crippen molar-refractivity contribution in [3.05, 3.63) is 11.8 Å². The van der Waals surface area contributed by atoms with Crippen LogP contribution in [0.25, 0.3) is 0 Å². The highest BCUT2D eigenvalue weighted by molar-refractivity contribution is 5.30. The van der Waals surface area contributed by atoms with Crippen molar-refractivity contribution < 1.29 is 26.7 Å². The lowest BCUT2D eigenvalue weighted by Gasteiger charge is -2.19. The molecule has 0 saturated heterocycles. The second-order valence-corrected chi connectivity index (χ2v) is 3.69. The summed E-state index contributed by atoms with van der Waals surface area (Å²) in [4.78, 5) is 7.57. The molecular weight excluding hydrogens is 273 g/mol. The van der Waals surface area contributed by atoms with Crippen molar-refractivity contribution in [2.24, 2.45) is 0 Å². The predicted octanol–water partition coefficient (Wildman–Crippen LogP) is 2.79. The molecule has 1 aromatic heterocycles. The number of alkyl halides is 5. The molecule has 1 aromatic rings. The van der Waals surface area contributed by atoms with Crippen molar-refractivity contribution in [1.29, 1.82) is 0 Å². The van der Waals surface area contributed by atoms with Gasteiger partial charge in [-0.3, -0.25) is 0 Å². The maximum Gasteiger partial charge on any atom is 0.456 e. The van der Waals surface area contributed by atoms with E-state index in [0.717, 1.165) is 0 Å². The van der Waals surface area contributed by atoms with Gasteiger partial charge in [-0.25, -0.2) is 4.98 Å². The summed E-state index contributed by atoms with van der Waals surface area (Å²) >= 11 is 0. The molecule has 4 nitrogen and oxygen atoms in total. The minimum absolute atomic E-state index is 0.104. The Balaban J connectivity index is 2.78. The van der Waals surface area contributed by atoms with Crippen LogP contribution in [0.3, 0.4) is 0 Å². The molecule has 0 aromatic carbocycles. The van der Waals surface area contributed by atoms with Gasteiger partial charge in [0.05, 0.1) is 0 Å². The van der Waals surface area contributed by atoms with Gasteiger partial charge in [-0.1, -0.05) is 0 Å². The summed E-state index contributed by atoms with van der Waals surface area (Å²) in [5.74, 6) is -5.16. The molecule has 0 amide bonds. The van der Waals surface area contributed by atoms with Crippen molar-refractivity contribution in [3.63, 3.8) is 0 Å². The highest BCUT2D eigenvalue weighted by atomic mass is 19.4. The van der Waals surface area contributed by atoms with Gasteiger partial charge < -0.3 is 10.1 Å². The van der Waals surface area contributed by atoms with Gasteiger partial charge in [-0.05, 0) is 13.8 Å². The molecule has 0 aliphatic heterocycles. The zero-order valence-corrected chi connectivity index (χ0v) is 10.2. The van der Waals surface area contributed by atoms with Crippen molar-refractivity contribution in [2.45, 2.75) is 25.9 Å². The van der Waals surface area contributed by atoms with Crippen LogP contribution in [0.1, 0.15) is 12.6 Å². The minimum atomic E-state index is -5.65. The van der Waals surface area contributed by atoms with Gasteiger partial charge >= 0.3 is 12.1 Å². The lowest BCUT2D eigenvalue weighted by atomic mass is 10.3. The van der Waals surface area contributed by atoms with Crippen molar-refractivity contribution in [2.75, 3.05) is 18.5 Å². The molecule has 1 N–H and O–H groups in total. The predicted molar refractivity (Wildman–Crippen MR) is 57.4 cm³/mol. The van der Waals surface area contributed by atoms with Crippen molar-refractivity contribution in [3.8, 4) is 5.88 Å². The van der Waals surface area contributed by atoms with Crippen LogP contribution in [0.4, 0.5) is 27.9 Å². The fourth-order valence-electron chi connectivity index (χ4n) is 1.10. The fourth-order valence-corrected chi connectivity index (χ4v) is 1.10. The topological polar surface area (TPSA) is 47.0 Å². The summed E-state index contributed by atoms with van der Waals surface area (Å²) in [6, 6.07) is 1.17. The van der Waals surface area contributed by atoms with E-state index in [4.69, 9.17) is 0 Å². The van der Waals surface area contributed by atoms with Gasteiger partial charge in [0.2, 0.25) is 11.8 Å². The number of nitrogens with zero attached hydrogens (tertiary/aromatic N) is 2. The normalized spacial score (nSPS) is 12.4. The molecule has 0 bridgehead atoms.